The number of piperidine rings is 2. The average molecular weight is 499 g/mol. The van der Waals surface area contributed by atoms with Gasteiger partial charge < -0.3 is 16.4 Å². The molecule has 3 amide bonds. The molecule has 6 N–H and O–H groups in total. The number of hydrogen-bond acceptors (Lipinski definition) is 9. The van der Waals surface area contributed by atoms with Crippen molar-refractivity contribution < 1.29 is 23.2 Å². The standard InChI is InChI=1S/C22H36F2N8O3/c23-13-8-27-20-17(19(25)29-32(20)11-13)21(34)28-15-10-26-9-14(24)18(15)30-6-3-12(4-7-30)22(35)31-5-1-2-16(31)33/h12-15,17-20,26-27,29H,1-11,25H2,(H,28,34). The van der Waals surface area contributed by atoms with Crippen LogP contribution >= 0.6 is 0 Å². The second-order valence-electron chi connectivity index (χ2n) is 10.4. The van der Waals surface area contributed by atoms with Crippen LogP contribution in [-0.2, 0) is 14.4 Å². The van der Waals surface area contributed by atoms with Gasteiger partial charge in [-0.15, -0.1) is 0 Å². The molecule has 5 rings (SSSR count). The van der Waals surface area contributed by atoms with Gasteiger partial charge in [0.05, 0.1) is 30.3 Å². The predicted molar refractivity (Wildman–Crippen MR) is 122 cm³/mol. The summed E-state index contributed by atoms with van der Waals surface area (Å²) >= 11 is 0. The van der Waals surface area contributed by atoms with E-state index in [-0.39, 0.29) is 43.3 Å². The first-order valence-electron chi connectivity index (χ1n) is 12.7. The Morgan fingerprint density at radius 2 is 1.86 bits per heavy atom. The van der Waals surface area contributed by atoms with Gasteiger partial charge in [0.2, 0.25) is 17.7 Å². The van der Waals surface area contributed by atoms with Gasteiger partial charge in [-0.3, -0.25) is 29.5 Å². The van der Waals surface area contributed by atoms with E-state index in [4.69, 9.17) is 5.73 Å². The van der Waals surface area contributed by atoms with Gasteiger partial charge in [0.1, 0.15) is 12.3 Å². The van der Waals surface area contributed by atoms with Gasteiger partial charge in [-0.25, -0.2) is 19.2 Å². The van der Waals surface area contributed by atoms with Gasteiger partial charge >= 0.3 is 0 Å². The molecule has 0 radical (unpaired) electrons. The number of fused-ring (bicyclic) bond motifs is 1. The van der Waals surface area contributed by atoms with E-state index >= 15 is 4.39 Å². The molecule has 11 nitrogen and oxygen atoms in total. The maximum atomic E-state index is 15.2. The molecule has 0 aliphatic carbocycles. The number of nitrogens with two attached hydrogens (primary N) is 1. The van der Waals surface area contributed by atoms with E-state index in [2.05, 4.69) is 21.4 Å². The van der Waals surface area contributed by atoms with Crippen LogP contribution in [0.1, 0.15) is 25.7 Å². The number of nitrogens with one attached hydrogen (secondary N) is 4. The first-order valence-corrected chi connectivity index (χ1v) is 12.7. The minimum atomic E-state index is -1.19. The van der Waals surface area contributed by atoms with Gasteiger partial charge in [0, 0.05) is 45.1 Å². The van der Waals surface area contributed by atoms with Crippen molar-refractivity contribution in [1.29, 1.82) is 0 Å². The van der Waals surface area contributed by atoms with E-state index in [9.17, 15) is 18.8 Å². The molecule has 7 unspecified atom stereocenters. The lowest BCUT2D eigenvalue weighted by molar-refractivity contribution is -0.145. The topological polar surface area (TPSA) is 135 Å². The van der Waals surface area contributed by atoms with E-state index in [1.165, 1.54) is 4.90 Å². The number of hydrazine groups is 1. The molecule has 0 saturated carbocycles. The molecule has 0 aromatic heterocycles. The van der Waals surface area contributed by atoms with Crippen molar-refractivity contribution in [3.63, 3.8) is 0 Å². The monoisotopic (exact) mass is 498 g/mol. The third-order valence-electron chi connectivity index (χ3n) is 8.08. The molecule has 0 bridgehead atoms. The van der Waals surface area contributed by atoms with Gasteiger partial charge in [-0.1, -0.05) is 0 Å². The fourth-order valence-corrected chi connectivity index (χ4v) is 6.29. The summed E-state index contributed by atoms with van der Waals surface area (Å²) in [7, 11) is 0. The number of nitrogens with zero attached hydrogens (tertiary/aromatic N) is 3. The Hall–Kier alpha value is -1.77. The fraction of sp³-hybridized carbons (Fsp3) is 0.864. The zero-order valence-corrected chi connectivity index (χ0v) is 19.8. The molecule has 5 aliphatic rings. The molecule has 5 aliphatic heterocycles. The minimum absolute atomic E-state index is 0.102. The average Bonchev–Trinajstić information content (AvgIpc) is 3.40. The number of carbonyl (C=O) groups excluding carboxylic acids is 3. The number of hydrogen-bond donors (Lipinski definition) is 5. The lowest BCUT2D eigenvalue weighted by Crippen LogP contribution is -2.67. The first kappa shape index (κ1) is 24.9. The quantitative estimate of drug-likeness (QED) is 0.270. The van der Waals surface area contributed by atoms with Crippen molar-refractivity contribution in [1.82, 2.24) is 36.2 Å². The van der Waals surface area contributed by atoms with Crippen LogP contribution < -0.4 is 27.1 Å². The lowest BCUT2D eigenvalue weighted by Gasteiger charge is -2.45. The molecule has 0 spiro atoms. The highest BCUT2D eigenvalue weighted by Crippen LogP contribution is 2.28. The molecule has 5 heterocycles. The summed E-state index contributed by atoms with van der Waals surface area (Å²) in [5.74, 6) is -1.39. The Labute approximate surface area is 203 Å². The molecule has 35 heavy (non-hydrogen) atoms. The number of carbonyl (C=O) groups is 3. The molecule has 196 valence electrons. The van der Waals surface area contributed by atoms with Crippen molar-refractivity contribution in [2.24, 2.45) is 17.6 Å². The highest BCUT2D eigenvalue weighted by molar-refractivity contribution is 5.97. The van der Waals surface area contributed by atoms with Crippen molar-refractivity contribution in [2.45, 2.75) is 62.4 Å². The third kappa shape index (κ3) is 4.94. The van der Waals surface area contributed by atoms with Gasteiger partial charge in [0.25, 0.3) is 0 Å². The number of halogens is 2. The van der Waals surface area contributed by atoms with Crippen LogP contribution in [0.2, 0.25) is 0 Å². The Kier molecular flexibility index (Phi) is 7.33. The molecule has 5 fully saturated rings. The van der Waals surface area contributed by atoms with Gasteiger partial charge in [-0.05, 0) is 32.4 Å². The number of alkyl halides is 2. The van der Waals surface area contributed by atoms with Crippen LogP contribution in [0, 0.1) is 11.8 Å². The molecule has 5 saturated heterocycles. The summed E-state index contributed by atoms with van der Waals surface area (Å²) in [6, 6.07) is -1.00. The predicted octanol–water partition coefficient (Wildman–Crippen LogP) is -2.37. The summed E-state index contributed by atoms with van der Waals surface area (Å²) < 4.78 is 28.9. The first-order chi connectivity index (χ1) is 16.8. The number of rotatable bonds is 4. The van der Waals surface area contributed by atoms with Crippen LogP contribution in [0.25, 0.3) is 0 Å². The SMILES string of the molecule is NC1NN2CC(F)CNC2C1C(=O)NC1CNCC(F)C1N1CCC(C(=O)N2CCCC2=O)CC1. The number of amides is 3. The van der Waals surface area contributed by atoms with Crippen molar-refractivity contribution >= 4 is 17.7 Å². The number of imide groups is 1. The Morgan fingerprint density at radius 3 is 2.57 bits per heavy atom. The highest BCUT2D eigenvalue weighted by Gasteiger charge is 2.49. The van der Waals surface area contributed by atoms with Gasteiger partial charge in [-0.2, -0.15) is 0 Å². The summed E-state index contributed by atoms with van der Waals surface area (Å²) in [5.41, 5.74) is 9.13. The van der Waals surface area contributed by atoms with Crippen LogP contribution in [0.3, 0.4) is 0 Å². The summed E-state index contributed by atoms with van der Waals surface area (Å²) in [4.78, 5) is 41.4. The van der Waals surface area contributed by atoms with E-state index < -0.39 is 42.7 Å². The molecular weight excluding hydrogens is 462 g/mol. The van der Waals surface area contributed by atoms with Crippen LogP contribution in [-0.4, -0.2) is 115 Å². The Morgan fingerprint density at radius 1 is 1.09 bits per heavy atom. The largest absolute Gasteiger partial charge is 0.350 e. The molecule has 7 atom stereocenters. The Bertz CT molecular complexity index is 829. The van der Waals surface area contributed by atoms with Crippen LogP contribution in [0.15, 0.2) is 0 Å². The second-order valence-corrected chi connectivity index (χ2v) is 10.4. The lowest BCUT2D eigenvalue weighted by atomic mass is 9.90. The van der Waals surface area contributed by atoms with Crippen molar-refractivity contribution in [3.8, 4) is 0 Å². The zero-order chi connectivity index (χ0) is 24.7. The van der Waals surface area contributed by atoms with E-state index in [1.54, 1.807) is 5.01 Å². The van der Waals surface area contributed by atoms with Gasteiger partial charge in [0.15, 0.2) is 0 Å². The second kappa shape index (κ2) is 10.3. The maximum Gasteiger partial charge on any atom is 0.232 e. The van der Waals surface area contributed by atoms with E-state index in [0.717, 1.165) is 0 Å². The van der Waals surface area contributed by atoms with Crippen molar-refractivity contribution in [3.05, 3.63) is 0 Å². The third-order valence-corrected chi connectivity index (χ3v) is 8.08. The maximum absolute atomic E-state index is 15.2. The fourth-order valence-electron chi connectivity index (χ4n) is 6.29. The van der Waals surface area contributed by atoms with E-state index in [1.807, 2.05) is 4.90 Å². The zero-order valence-electron chi connectivity index (χ0n) is 19.8. The summed E-state index contributed by atoms with van der Waals surface area (Å²) in [5, 5.41) is 10.7. The molecule has 0 aromatic carbocycles. The minimum Gasteiger partial charge on any atom is -0.350 e. The highest BCUT2D eigenvalue weighted by atomic mass is 19.1. The Balaban J connectivity index is 1.21. The van der Waals surface area contributed by atoms with Crippen LogP contribution in [0.4, 0.5) is 8.78 Å². The molecule has 13 heteroatoms. The van der Waals surface area contributed by atoms with Crippen molar-refractivity contribution in [2.75, 3.05) is 45.8 Å². The smallest absolute Gasteiger partial charge is 0.232 e. The number of likely N-dealkylation sites (tertiary alicyclic amines) is 2. The molecular formula is C22H36F2N8O3. The summed E-state index contributed by atoms with van der Waals surface area (Å²) in [6.45, 7) is 2.44. The molecule has 0 aromatic rings. The van der Waals surface area contributed by atoms with Crippen LogP contribution in [0.5, 0.6) is 0 Å². The summed E-state index contributed by atoms with van der Waals surface area (Å²) in [6.07, 6.45) is -1.09. The normalized spacial score (nSPS) is 39.6. The van der Waals surface area contributed by atoms with E-state index in [0.29, 0.717) is 51.9 Å².